The summed E-state index contributed by atoms with van der Waals surface area (Å²) < 4.78 is 0. The Labute approximate surface area is 120 Å². The van der Waals surface area contributed by atoms with E-state index in [1.807, 2.05) is 18.2 Å². The van der Waals surface area contributed by atoms with Crippen LogP contribution in [0.4, 0.5) is 5.69 Å². The summed E-state index contributed by atoms with van der Waals surface area (Å²) in [4.78, 5) is 14.0. The van der Waals surface area contributed by atoms with Crippen LogP contribution in [-0.2, 0) is 11.2 Å². The predicted octanol–water partition coefficient (Wildman–Crippen LogP) is 1.64. The first-order valence-electron chi connectivity index (χ1n) is 6.54. The molecule has 1 aliphatic rings. The van der Waals surface area contributed by atoms with Gasteiger partial charge in [-0.05, 0) is 30.5 Å². The van der Waals surface area contributed by atoms with E-state index in [2.05, 4.69) is 23.2 Å². The Kier molecular flexibility index (Phi) is 6.28. The lowest BCUT2D eigenvalue weighted by atomic mass is 10.1. The summed E-state index contributed by atoms with van der Waals surface area (Å²) in [7, 11) is 0. The first-order valence-corrected chi connectivity index (χ1v) is 6.54. The number of carbonyl (C=O) groups excluding carboxylic acids is 1. The number of halogens is 1. The van der Waals surface area contributed by atoms with Crippen molar-refractivity contribution in [1.82, 2.24) is 4.90 Å². The molecule has 3 N–H and O–H groups in total. The summed E-state index contributed by atoms with van der Waals surface area (Å²) in [6, 6.07) is 8.21. The number of anilines is 1. The van der Waals surface area contributed by atoms with E-state index in [-0.39, 0.29) is 24.4 Å². The molecule has 0 aliphatic carbocycles. The quantitative estimate of drug-likeness (QED) is 0.883. The van der Waals surface area contributed by atoms with Gasteiger partial charge < -0.3 is 11.1 Å². The Morgan fingerprint density at radius 1 is 1.53 bits per heavy atom. The van der Waals surface area contributed by atoms with Crippen LogP contribution in [0, 0.1) is 0 Å². The summed E-state index contributed by atoms with van der Waals surface area (Å²) in [5.41, 5.74) is 7.93. The first kappa shape index (κ1) is 16.0. The van der Waals surface area contributed by atoms with Gasteiger partial charge in [0.25, 0.3) is 0 Å². The monoisotopic (exact) mass is 283 g/mol. The molecule has 0 unspecified atom stereocenters. The van der Waals surface area contributed by atoms with Gasteiger partial charge in [0.1, 0.15) is 0 Å². The lowest BCUT2D eigenvalue weighted by molar-refractivity contribution is -0.117. The minimum Gasteiger partial charge on any atom is -0.326 e. The zero-order valence-corrected chi connectivity index (χ0v) is 12.1. The summed E-state index contributed by atoms with van der Waals surface area (Å²) in [6.45, 7) is 4.28. The second kappa shape index (κ2) is 7.48. The minimum absolute atomic E-state index is 0. The number of amides is 1. The molecule has 0 aromatic heterocycles. The van der Waals surface area contributed by atoms with Gasteiger partial charge in [-0.3, -0.25) is 9.69 Å². The van der Waals surface area contributed by atoms with Gasteiger partial charge in [-0.15, -0.1) is 12.4 Å². The van der Waals surface area contributed by atoms with Crippen molar-refractivity contribution in [2.75, 3.05) is 25.0 Å². The summed E-state index contributed by atoms with van der Waals surface area (Å²) in [5, 5.41) is 2.94. The van der Waals surface area contributed by atoms with Gasteiger partial charge >= 0.3 is 0 Å². The highest BCUT2D eigenvalue weighted by atomic mass is 35.5. The normalized spacial score (nSPS) is 18.9. The van der Waals surface area contributed by atoms with E-state index in [1.54, 1.807) is 0 Å². The van der Waals surface area contributed by atoms with E-state index < -0.39 is 0 Å². The zero-order valence-electron chi connectivity index (χ0n) is 11.3. The zero-order chi connectivity index (χ0) is 13.0. The van der Waals surface area contributed by atoms with Crippen LogP contribution in [0.25, 0.3) is 0 Å². The summed E-state index contributed by atoms with van der Waals surface area (Å²) >= 11 is 0. The van der Waals surface area contributed by atoms with Gasteiger partial charge in [-0.2, -0.15) is 0 Å². The van der Waals surface area contributed by atoms with Crippen molar-refractivity contribution in [2.24, 2.45) is 5.73 Å². The lowest BCUT2D eigenvalue weighted by Gasteiger charge is -2.14. The van der Waals surface area contributed by atoms with Gasteiger partial charge in [0.05, 0.1) is 6.54 Å². The molecule has 19 heavy (non-hydrogen) atoms. The largest absolute Gasteiger partial charge is 0.326 e. The topological polar surface area (TPSA) is 58.4 Å². The van der Waals surface area contributed by atoms with Crippen molar-refractivity contribution in [1.29, 1.82) is 0 Å². The van der Waals surface area contributed by atoms with Crippen molar-refractivity contribution >= 4 is 24.0 Å². The molecule has 4 nitrogen and oxygen atoms in total. The number of rotatable bonds is 4. The Hall–Kier alpha value is -1.10. The molecule has 0 radical (unpaired) electrons. The van der Waals surface area contributed by atoms with Crippen molar-refractivity contribution in [3.05, 3.63) is 29.8 Å². The number of aryl methyl sites for hydroxylation is 1. The number of hydrogen-bond donors (Lipinski definition) is 2. The second-order valence-corrected chi connectivity index (χ2v) is 4.89. The number of nitrogens with two attached hydrogens (primary N) is 1. The fourth-order valence-electron chi connectivity index (χ4n) is 2.28. The highest BCUT2D eigenvalue weighted by Crippen LogP contribution is 2.12. The molecule has 1 atom stereocenters. The van der Waals surface area contributed by atoms with E-state index >= 15 is 0 Å². The smallest absolute Gasteiger partial charge is 0.238 e. The fraction of sp³-hybridized carbons (Fsp3) is 0.500. The molecule has 2 rings (SSSR count). The molecule has 1 aromatic rings. The van der Waals surface area contributed by atoms with Gasteiger partial charge in [0, 0.05) is 24.8 Å². The van der Waals surface area contributed by atoms with Gasteiger partial charge in [0.15, 0.2) is 0 Å². The highest BCUT2D eigenvalue weighted by molar-refractivity contribution is 5.92. The summed E-state index contributed by atoms with van der Waals surface area (Å²) in [5.74, 6) is 0.0392. The number of hydrogen-bond acceptors (Lipinski definition) is 3. The molecule has 1 fully saturated rings. The SMILES string of the molecule is CCc1cccc(NC(=O)CN2CC[C@H](N)C2)c1.Cl. The molecule has 1 saturated heterocycles. The van der Waals surface area contributed by atoms with Gasteiger partial charge in [0.2, 0.25) is 5.91 Å². The fourth-order valence-corrected chi connectivity index (χ4v) is 2.28. The molecule has 0 spiro atoms. The molecular weight excluding hydrogens is 262 g/mol. The molecule has 1 heterocycles. The average molecular weight is 284 g/mol. The molecule has 0 bridgehead atoms. The Morgan fingerprint density at radius 2 is 2.32 bits per heavy atom. The second-order valence-electron chi connectivity index (χ2n) is 4.89. The lowest BCUT2D eigenvalue weighted by Crippen LogP contribution is -2.33. The average Bonchev–Trinajstić information content (AvgIpc) is 2.74. The van der Waals surface area contributed by atoms with Crippen molar-refractivity contribution in [2.45, 2.75) is 25.8 Å². The van der Waals surface area contributed by atoms with Crippen LogP contribution in [0.5, 0.6) is 0 Å². The molecule has 5 heteroatoms. The molecule has 1 aliphatic heterocycles. The van der Waals surface area contributed by atoms with Crippen LogP contribution >= 0.6 is 12.4 Å². The van der Waals surface area contributed by atoms with Crippen molar-refractivity contribution in [3.63, 3.8) is 0 Å². The van der Waals surface area contributed by atoms with Crippen LogP contribution in [0.2, 0.25) is 0 Å². The van der Waals surface area contributed by atoms with Crippen LogP contribution in [0.3, 0.4) is 0 Å². The van der Waals surface area contributed by atoms with Crippen LogP contribution < -0.4 is 11.1 Å². The third-order valence-electron chi connectivity index (χ3n) is 3.30. The van der Waals surface area contributed by atoms with Crippen LogP contribution in [0.1, 0.15) is 18.9 Å². The molecule has 0 saturated carbocycles. The van der Waals surface area contributed by atoms with E-state index in [1.165, 1.54) is 5.56 Å². The first-order chi connectivity index (χ1) is 8.67. The number of nitrogens with zero attached hydrogens (tertiary/aromatic N) is 1. The van der Waals surface area contributed by atoms with Gasteiger partial charge in [-0.1, -0.05) is 19.1 Å². The van der Waals surface area contributed by atoms with Crippen molar-refractivity contribution in [3.8, 4) is 0 Å². The number of benzene rings is 1. The Morgan fingerprint density at radius 3 is 2.95 bits per heavy atom. The Balaban J connectivity index is 0.00000180. The van der Waals surface area contributed by atoms with Crippen molar-refractivity contribution < 1.29 is 4.79 Å². The molecule has 1 aromatic carbocycles. The van der Waals surface area contributed by atoms with Gasteiger partial charge in [-0.25, -0.2) is 0 Å². The number of likely N-dealkylation sites (tertiary alicyclic amines) is 1. The highest BCUT2D eigenvalue weighted by Gasteiger charge is 2.20. The summed E-state index contributed by atoms with van der Waals surface area (Å²) in [6.07, 6.45) is 1.96. The maximum absolute atomic E-state index is 11.9. The van der Waals surface area contributed by atoms with Crippen LogP contribution in [0.15, 0.2) is 24.3 Å². The maximum atomic E-state index is 11.9. The Bertz CT molecular complexity index is 425. The van der Waals surface area contributed by atoms with Crippen LogP contribution in [-0.4, -0.2) is 36.5 Å². The molecule has 1 amide bonds. The molecular formula is C14H22ClN3O. The number of carbonyl (C=O) groups is 1. The third-order valence-corrected chi connectivity index (χ3v) is 3.30. The van der Waals surface area contributed by atoms with E-state index in [9.17, 15) is 4.79 Å². The van der Waals surface area contributed by atoms with E-state index in [0.717, 1.165) is 31.6 Å². The standard InChI is InChI=1S/C14H21N3O.ClH/c1-2-11-4-3-5-13(8-11)16-14(18)10-17-7-6-12(15)9-17;/h3-5,8,12H,2,6-7,9-10,15H2,1H3,(H,16,18);1H/t12-;/m0./s1. The third kappa shape index (κ3) is 4.82. The number of nitrogens with one attached hydrogen (secondary N) is 1. The predicted molar refractivity (Wildman–Crippen MR) is 80.7 cm³/mol. The van der Waals surface area contributed by atoms with E-state index in [0.29, 0.717) is 6.54 Å². The minimum atomic E-state index is 0. The molecule has 106 valence electrons. The maximum Gasteiger partial charge on any atom is 0.238 e. The van der Waals surface area contributed by atoms with E-state index in [4.69, 9.17) is 5.73 Å².